The van der Waals surface area contributed by atoms with Gasteiger partial charge in [0.05, 0.1) is 5.69 Å². The normalized spacial score (nSPS) is 13.5. The van der Waals surface area contributed by atoms with Gasteiger partial charge in [-0.05, 0) is 81.0 Å². The van der Waals surface area contributed by atoms with Crippen LogP contribution < -0.4 is 10.2 Å². The lowest BCUT2D eigenvalue weighted by molar-refractivity contribution is 0.0986. The zero-order valence-corrected chi connectivity index (χ0v) is 17.5. The first kappa shape index (κ1) is 19.4. The summed E-state index contributed by atoms with van der Waals surface area (Å²) in [4.78, 5) is 28.8. The highest BCUT2D eigenvalue weighted by atomic mass is 32.1. The number of benzene rings is 2. The summed E-state index contributed by atoms with van der Waals surface area (Å²) in [6, 6.07) is 15.0. The molecule has 4 nitrogen and oxygen atoms in total. The summed E-state index contributed by atoms with van der Waals surface area (Å²) >= 11 is 1.72. The highest BCUT2D eigenvalue weighted by Gasteiger charge is 2.23. The topological polar surface area (TPSA) is 49.4 Å². The van der Waals surface area contributed by atoms with E-state index < -0.39 is 0 Å². The van der Waals surface area contributed by atoms with Crippen molar-refractivity contribution in [2.24, 2.45) is 0 Å². The number of rotatable bonds is 3. The van der Waals surface area contributed by atoms with E-state index in [1.54, 1.807) is 35.6 Å². The number of carbonyl (C=O) groups is 2. The first-order valence-corrected chi connectivity index (χ1v) is 10.8. The van der Waals surface area contributed by atoms with Gasteiger partial charge < -0.3 is 10.2 Å². The van der Waals surface area contributed by atoms with Crippen molar-refractivity contribution in [1.82, 2.24) is 0 Å². The minimum atomic E-state index is -0.147. The van der Waals surface area contributed by atoms with Gasteiger partial charge in [-0.3, -0.25) is 9.59 Å². The van der Waals surface area contributed by atoms with Crippen molar-refractivity contribution in [3.05, 3.63) is 81.0 Å². The summed E-state index contributed by atoms with van der Waals surface area (Å²) in [6.45, 7) is 4.70. The van der Waals surface area contributed by atoms with Gasteiger partial charge in [0.1, 0.15) is 0 Å². The molecule has 1 N–H and O–H groups in total. The number of aryl methyl sites for hydroxylation is 3. The molecule has 29 heavy (non-hydrogen) atoms. The van der Waals surface area contributed by atoms with Gasteiger partial charge in [-0.15, -0.1) is 11.3 Å². The Balaban J connectivity index is 1.49. The molecule has 1 aliphatic rings. The van der Waals surface area contributed by atoms with Crippen molar-refractivity contribution in [1.29, 1.82) is 0 Å². The van der Waals surface area contributed by atoms with Gasteiger partial charge in [0.15, 0.2) is 0 Å². The van der Waals surface area contributed by atoms with Crippen LogP contribution in [-0.2, 0) is 6.42 Å². The van der Waals surface area contributed by atoms with Crippen LogP contribution in [0.5, 0.6) is 0 Å². The van der Waals surface area contributed by atoms with E-state index in [0.29, 0.717) is 16.8 Å². The van der Waals surface area contributed by atoms with E-state index in [1.165, 1.54) is 4.88 Å². The molecule has 0 bridgehead atoms. The lowest BCUT2D eigenvalue weighted by Crippen LogP contribution is -2.31. The van der Waals surface area contributed by atoms with Crippen molar-refractivity contribution >= 4 is 34.5 Å². The Kier molecular flexibility index (Phi) is 5.49. The molecule has 0 saturated heterocycles. The smallest absolute Gasteiger partial charge is 0.258 e. The second-order valence-electron chi connectivity index (χ2n) is 7.55. The first-order chi connectivity index (χ1) is 14.0. The van der Waals surface area contributed by atoms with Gasteiger partial charge in [0.2, 0.25) is 0 Å². The molecule has 148 valence electrons. The van der Waals surface area contributed by atoms with Crippen LogP contribution in [0.15, 0.2) is 53.9 Å². The summed E-state index contributed by atoms with van der Waals surface area (Å²) in [6.07, 6.45) is 3.16. The van der Waals surface area contributed by atoms with Crippen LogP contribution in [0.4, 0.5) is 11.4 Å². The highest BCUT2D eigenvalue weighted by molar-refractivity contribution is 7.10. The Labute approximate surface area is 175 Å². The number of hydrogen-bond donors (Lipinski definition) is 1. The third kappa shape index (κ3) is 4.25. The molecule has 0 aliphatic carbocycles. The van der Waals surface area contributed by atoms with Gasteiger partial charge in [0.25, 0.3) is 11.8 Å². The van der Waals surface area contributed by atoms with Crippen LogP contribution in [0.25, 0.3) is 0 Å². The molecule has 0 atom stereocenters. The van der Waals surface area contributed by atoms with Crippen molar-refractivity contribution in [3.8, 4) is 0 Å². The third-order valence-corrected chi connectivity index (χ3v) is 6.14. The zero-order valence-electron chi connectivity index (χ0n) is 16.7. The van der Waals surface area contributed by atoms with E-state index in [1.807, 2.05) is 43.0 Å². The minimum absolute atomic E-state index is 0.0127. The molecule has 3 aromatic rings. The van der Waals surface area contributed by atoms with E-state index in [0.717, 1.165) is 42.6 Å². The fourth-order valence-corrected chi connectivity index (χ4v) is 4.73. The number of fused-ring (bicyclic) bond motifs is 1. The summed E-state index contributed by atoms with van der Waals surface area (Å²) in [5, 5.41) is 4.98. The molecule has 0 saturated carbocycles. The van der Waals surface area contributed by atoms with Gasteiger partial charge >= 0.3 is 0 Å². The first-order valence-electron chi connectivity index (χ1n) is 9.89. The van der Waals surface area contributed by atoms with Gasteiger partial charge in [0, 0.05) is 28.2 Å². The minimum Gasteiger partial charge on any atom is -0.322 e. The van der Waals surface area contributed by atoms with Crippen LogP contribution >= 0.6 is 11.3 Å². The van der Waals surface area contributed by atoms with Gasteiger partial charge in [-0.25, -0.2) is 0 Å². The molecule has 4 rings (SSSR count). The molecule has 2 amide bonds. The lowest BCUT2D eigenvalue weighted by atomic mass is 10.1. The predicted octanol–water partition coefficient (Wildman–Crippen LogP) is 5.60. The Morgan fingerprint density at radius 2 is 1.66 bits per heavy atom. The van der Waals surface area contributed by atoms with Crippen molar-refractivity contribution in [2.75, 3.05) is 16.8 Å². The molecule has 0 unspecified atom stereocenters. The molecule has 0 spiro atoms. The predicted molar refractivity (Wildman–Crippen MR) is 119 cm³/mol. The molecule has 0 radical (unpaired) electrons. The lowest BCUT2D eigenvalue weighted by Gasteiger charge is -2.21. The summed E-state index contributed by atoms with van der Waals surface area (Å²) in [5.74, 6) is -0.134. The maximum atomic E-state index is 13.1. The van der Waals surface area contributed by atoms with Crippen molar-refractivity contribution in [3.63, 3.8) is 0 Å². The maximum absolute atomic E-state index is 13.1. The Hall–Kier alpha value is -2.92. The standard InChI is InChI=1S/C24H24N2O2S/c1-16-13-17(2)15-19(14-16)23(27)25-20-8-6-18(7-9-20)24(28)26-11-4-3-5-22-21(26)10-12-29-22/h6-10,12-15H,3-5,11H2,1-2H3,(H,25,27). The van der Waals surface area contributed by atoms with E-state index in [9.17, 15) is 9.59 Å². The molecule has 5 heteroatoms. The fraction of sp³-hybridized carbons (Fsp3) is 0.250. The SMILES string of the molecule is Cc1cc(C)cc(C(=O)Nc2ccc(C(=O)N3CCCCc4sccc43)cc2)c1. The number of carbonyl (C=O) groups excluding carboxylic acids is 2. The van der Waals surface area contributed by atoms with Crippen LogP contribution in [0, 0.1) is 13.8 Å². The Morgan fingerprint density at radius 1 is 0.931 bits per heavy atom. The van der Waals surface area contributed by atoms with E-state index in [2.05, 4.69) is 10.7 Å². The second-order valence-corrected chi connectivity index (χ2v) is 8.55. The second kappa shape index (κ2) is 8.21. The van der Waals surface area contributed by atoms with Gasteiger partial charge in [-0.1, -0.05) is 17.2 Å². The number of hydrogen-bond acceptors (Lipinski definition) is 3. The quantitative estimate of drug-likeness (QED) is 0.618. The number of nitrogens with zero attached hydrogens (tertiary/aromatic N) is 1. The summed E-state index contributed by atoms with van der Waals surface area (Å²) in [7, 11) is 0. The summed E-state index contributed by atoms with van der Waals surface area (Å²) < 4.78 is 0. The molecule has 1 aliphatic heterocycles. The number of thiophene rings is 1. The molecular formula is C24H24N2O2S. The van der Waals surface area contributed by atoms with E-state index in [-0.39, 0.29) is 11.8 Å². The number of nitrogens with one attached hydrogen (secondary N) is 1. The monoisotopic (exact) mass is 404 g/mol. The van der Waals surface area contributed by atoms with Crippen LogP contribution in [-0.4, -0.2) is 18.4 Å². The summed E-state index contributed by atoms with van der Waals surface area (Å²) in [5.41, 5.74) is 5.11. The zero-order chi connectivity index (χ0) is 20.4. The Bertz CT molecular complexity index is 1030. The van der Waals surface area contributed by atoms with Crippen LogP contribution in [0.3, 0.4) is 0 Å². The van der Waals surface area contributed by atoms with E-state index >= 15 is 0 Å². The van der Waals surface area contributed by atoms with E-state index in [4.69, 9.17) is 0 Å². The highest BCUT2D eigenvalue weighted by Crippen LogP contribution is 2.32. The van der Waals surface area contributed by atoms with Crippen LogP contribution in [0.2, 0.25) is 0 Å². The molecule has 2 heterocycles. The van der Waals surface area contributed by atoms with Crippen molar-refractivity contribution < 1.29 is 9.59 Å². The average Bonchev–Trinajstić information content (AvgIpc) is 3.06. The molecule has 0 fully saturated rings. The third-order valence-electron chi connectivity index (χ3n) is 5.17. The largest absolute Gasteiger partial charge is 0.322 e. The molecule has 2 aromatic carbocycles. The number of amides is 2. The maximum Gasteiger partial charge on any atom is 0.258 e. The fourth-order valence-electron chi connectivity index (χ4n) is 3.81. The van der Waals surface area contributed by atoms with Gasteiger partial charge in [-0.2, -0.15) is 0 Å². The molecule has 1 aromatic heterocycles. The van der Waals surface area contributed by atoms with Crippen molar-refractivity contribution in [2.45, 2.75) is 33.1 Å². The average molecular weight is 405 g/mol. The Morgan fingerprint density at radius 3 is 2.38 bits per heavy atom. The van der Waals surface area contributed by atoms with Crippen LogP contribution in [0.1, 0.15) is 49.6 Å². The number of anilines is 2. The molecular weight excluding hydrogens is 380 g/mol.